The maximum absolute atomic E-state index is 5.51. The summed E-state index contributed by atoms with van der Waals surface area (Å²) in [6.07, 6.45) is 0. The number of furan rings is 1. The van der Waals surface area contributed by atoms with E-state index in [-0.39, 0.29) is 6.04 Å². The number of halogens is 1. The van der Waals surface area contributed by atoms with E-state index >= 15 is 0 Å². The van der Waals surface area contributed by atoms with Crippen molar-refractivity contribution in [3.63, 3.8) is 0 Å². The van der Waals surface area contributed by atoms with Crippen LogP contribution in [-0.2, 0) is 6.54 Å². The van der Waals surface area contributed by atoms with Gasteiger partial charge in [-0.15, -0.1) is 0 Å². The van der Waals surface area contributed by atoms with Gasteiger partial charge >= 0.3 is 0 Å². The van der Waals surface area contributed by atoms with E-state index in [4.69, 9.17) is 9.15 Å². The van der Waals surface area contributed by atoms with Crippen LogP contribution in [0.25, 0.3) is 0 Å². The van der Waals surface area contributed by atoms with Crippen molar-refractivity contribution in [2.24, 2.45) is 0 Å². The van der Waals surface area contributed by atoms with Crippen molar-refractivity contribution in [3.05, 3.63) is 52.4 Å². The maximum Gasteiger partial charge on any atom is 0.169 e. The van der Waals surface area contributed by atoms with Gasteiger partial charge in [0.15, 0.2) is 4.67 Å². The molecule has 1 atom stereocenters. The lowest BCUT2D eigenvalue weighted by Crippen LogP contribution is -2.17. The molecule has 3 nitrogen and oxygen atoms in total. The van der Waals surface area contributed by atoms with Gasteiger partial charge in [0.25, 0.3) is 0 Å². The molecule has 0 radical (unpaired) electrons. The van der Waals surface area contributed by atoms with Crippen LogP contribution in [-0.4, -0.2) is 7.11 Å². The summed E-state index contributed by atoms with van der Waals surface area (Å²) in [5.74, 6) is 1.80. The highest BCUT2D eigenvalue weighted by Gasteiger charge is 2.09. The zero-order valence-corrected chi connectivity index (χ0v) is 12.0. The second-order valence-electron chi connectivity index (χ2n) is 4.10. The van der Waals surface area contributed by atoms with Gasteiger partial charge in [0, 0.05) is 6.54 Å². The SMILES string of the molecule is COc1cccc(CNC(C)c2ccc(Br)o2)c1. The van der Waals surface area contributed by atoms with E-state index in [1.807, 2.05) is 30.3 Å². The molecule has 0 aliphatic heterocycles. The first-order chi connectivity index (χ1) is 8.69. The number of rotatable bonds is 5. The smallest absolute Gasteiger partial charge is 0.169 e. The number of ether oxygens (including phenoxy) is 1. The van der Waals surface area contributed by atoms with E-state index in [0.29, 0.717) is 0 Å². The summed E-state index contributed by atoms with van der Waals surface area (Å²) in [6.45, 7) is 2.85. The van der Waals surface area contributed by atoms with Crippen molar-refractivity contribution in [2.75, 3.05) is 7.11 Å². The predicted octanol–water partition coefficient (Wildman–Crippen LogP) is 3.90. The van der Waals surface area contributed by atoms with Crippen LogP contribution >= 0.6 is 15.9 Å². The van der Waals surface area contributed by atoms with Crippen LogP contribution in [0.4, 0.5) is 0 Å². The average molecular weight is 310 g/mol. The van der Waals surface area contributed by atoms with Gasteiger partial charge in [-0.1, -0.05) is 12.1 Å². The third-order valence-corrected chi connectivity index (χ3v) is 3.19. The lowest BCUT2D eigenvalue weighted by atomic mass is 10.2. The summed E-state index contributed by atoms with van der Waals surface area (Å²) in [4.78, 5) is 0. The molecular weight excluding hydrogens is 294 g/mol. The molecule has 96 valence electrons. The molecule has 1 aromatic heterocycles. The minimum absolute atomic E-state index is 0.169. The van der Waals surface area contributed by atoms with Crippen LogP contribution in [0.5, 0.6) is 5.75 Å². The van der Waals surface area contributed by atoms with E-state index in [0.717, 1.165) is 22.7 Å². The van der Waals surface area contributed by atoms with Gasteiger partial charge < -0.3 is 14.5 Å². The second-order valence-corrected chi connectivity index (χ2v) is 4.88. The Balaban J connectivity index is 1.94. The van der Waals surface area contributed by atoms with Crippen LogP contribution in [0.2, 0.25) is 0 Å². The van der Waals surface area contributed by atoms with Crippen molar-refractivity contribution >= 4 is 15.9 Å². The molecule has 1 aromatic carbocycles. The highest BCUT2D eigenvalue weighted by Crippen LogP contribution is 2.20. The zero-order valence-electron chi connectivity index (χ0n) is 10.4. The monoisotopic (exact) mass is 309 g/mol. The highest BCUT2D eigenvalue weighted by atomic mass is 79.9. The Morgan fingerprint density at radius 2 is 2.17 bits per heavy atom. The van der Waals surface area contributed by atoms with Crippen molar-refractivity contribution in [3.8, 4) is 5.75 Å². The second kappa shape index (κ2) is 6.07. The Bertz CT molecular complexity index is 510. The molecule has 0 aliphatic carbocycles. The molecule has 1 heterocycles. The molecule has 18 heavy (non-hydrogen) atoms. The van der Waals surface area contributed by atoms with Gasteiger partial charge in [0.1, 0.15) is 11.5 Å². The zero-order chi connectivity index (χ0) is 13.0. The molecule has 1 N–H and O–H groups in total. The van der Waals surface area contributed by atoms with Crippen molar-refractivity contribution in [1.29, 1.82) is 0 Å². The lowest BCUT2D eigenvalue weighted by Gasteiger charge is -2.11. The van der Waals surface area contributed by atoms with E-state index in [9.17, 15) is 0 Å². The molecular formula is C14H16BrNO2. The number of nitrogens with one attached hydrogen (secondary N) is 1. The summed E-state index contributed by atoms with van der Waals surface area (Å²) < 4.78 is 11.5. The van der Waals surface area contributed by atoms with Gasteiger partial charge in [-0.3, -0.25) is 0 Å². The summed E-state index contributed by atoms with van der Waals surface area (Å²) in [5.41, 5.74) is 1.19. The summed E-state index contributed by atoms with van der Waals surface area (Å²) in [6, 6.07) is 12.1. The van der Waals surface area contributed by atoms with E-state index in [1.54, 1.807) is 7.11 Å². The normalized spacial score (nSPS) is 12.4. The van der Waals surface area contributed by atoms with Crippen LogP contribution < -0.4 is 10.1 Å². The molecule has 1 unspecified atom stereocenters. The summed E-state index contributed by atoms with van der Waals surface area (Å²) in [5, 5.41) is 3.41. The number of hydrogen-bond acceptors (Lipinski definition) is 3. The molecule has 0 bridgehead atoms. The number of hydrogen-bond donors (Lipinski definition) is 1. The molecule has 0 fully saturated rings. The molecule has 2 rings (SSSR count). The highest BCUT2D eigenvalue weighted by molar-refractivity contribution is 9.10. The standard InChI is InChI=1S/C14H16BrNO2/c1-10(13-6-7-14(15)18-13)16-9-11-4-3-5-12(8-11)17-2/h3-8,10,16H,9H2,1-2H3. The van der Waals surface area contributed by atoms with Crippen LogP contribution in [0, 0.1) is 0 Å². The Labute approximate surface area is 115 Å². The first-order valence-electron chi connectivity index (χ1n) is 5.80. The van der Waals surface area contributed by atoms with E-state index < -0.39 is 0 Å². The van der Waals surface area contributed by atoms with Gasteiger partial charge in [-0.05, 0) is 52.7 Å². The molecule has 4 heteroatoms. The fourth-order valence-electron chi connectivity index (χ4n) is 1.71. The molecule has 0 saturated carbocycles. The average Bonchev–Trinajstić information content (AvgIpc) is 2.83. The van der Waals surface area contributed by atoms with E-state index in [2.05, 4.69) is 34.2 Å². The first-order valence-corrected chi connectivity index (χ1v) is 6.60. The van der Waals surface area contributed by atoms with Crippen LogP contribution in [0.1, 0.15) is 24.3 Å². The number of methoxy groups -OCH3 is 1. The topological polar surface area (TPSA) is 34.4 Å². The molecule has 0 saturated heterocycles. The van der Waals surface area contributed by atoms with E-state index in [1.165, 1.54) is 5.56 Å². The minimum Gasteiger partial charge on any atom is -0.497 e. The van der Waals surface area contributed by atoms with Crippen LogP contribution in [0.15, 0.2) is 45.5 Å². The van der Waals surface area contributed by atoms with Gasteiger partial charge in [-0.2, -0.15) is 0 Å². The Morgan fingerprint density at radius 1 is 1.33 bits per heavy atom. The molecule has 0 amide bonds. The Hall–Kier alpha value is -1.26. The summed E-state index contributed by atoms with van der Waals surface area (Å²) in [7, 11) is 1.68. The van der Waals surface area contributed by atoms with Crippen molar-refractivity contribution in [1.82, 2.24) is 5.32 Å². The fourth-order valence-corrected chi connectivity index (χ4v) is 2.03. The van der Waals surface area contributed by atoms with Gasteiger partial charge in [0.2, 0.25) is 0 Å². The fraction of sp³-hybridized carbons (Fsp3) is 0.286. The predicted molar refractivity (Wildman–Crippen MR) is 74.7 cm³/mol. The van der Waals surface area contributed by atoms with Crippen molar-refractivity contribution < 1.29 is 9.15 Å². The largest absolute Gasteiger partial charge is 0.497 e. The Kier molecular flexibility index (Phi) is 4.44. The molecule has 2 aromatic rings. The molecule has 0 spiro atoms. The molecule has 0 aliphatic rings. The third kappa shape index (κ3) is 3.37. The summed E-state index contributed by atoms with van der Waals surface area (Å²) >= 11 is 3.30. The third-order valence-electron chi connectivity index (χ3n) is 2.77. The van der Waals surface area contributed by atoms with Crippen molar-refractivity contribution in [2.45, 2.75) is 19.5 Å². The maximum atomic E-state index is 5.51. The minimum atomic E-state index is 0.169. The quantitative estimate of drug-likeness (QED) is 0.909. The Morgan fingerprint density at radius 3 is 2.83 bits per heavy atom. The van der Waals surface area contributed by atoms with Gasteiger partial charge in [0.05, 0.1) is 13.2 Å². The first kappa shape index (κ1) is 13.2. The van der Waals surface area contributed by atoms with Crippen LogP contribution in [0.3, 0.4) is 0 Å². The van der Waals surface area contributed by atoms with Gasteiger partial charge in [-0.25, -0.2) is 0 Å². The number of benzene rings is 1. The lowest BCUT2D eigenvalue weighted by molar-refractivity contribution is 0.410.